The van der Waals surface area contributed by atoms with Crippen molar-refractivity contribution in [3.05, 3.63) is 0 Å². The number of fused-ring (bicyclic) bond motifs is 2. The number of methoxy groups -OCH3 is 1. The Morgan fingerprint density at radius 1 is 1.25 bits per heavy atom. The quantitative estimate of drug-likeness (QED) is 0.585. The van der Waals surface area contributed by atoms with Crippen molar-refractivity contribution in [1.29, 1.82) is 0 Å². The average molecular weight is 168 g/mol. The Morgan fingerprint density at radius 3 is 2.25 bits per heavy atom. The highest BCUT2D eigenvalue weighted by Crippen LogP contribution is 2.63. The van der Waals surface area contributed by atoms with Crippen LogP contribution in [0.1, 0.15) is 40.0 Å². The lowest BCUT2D eigenvalue weighted by molar-refractivity contribution is -0.206. The van der Waals surface area contributed by atoms with Crippen LogP contribution in [0.2, 0.25) is 0 Å². The fraction of sp³-hybridized carbons (Fsp3) is 1.00. The first kappa shape index (κ1) is 8.55. The second-order valence-electron chi connectivity index (χ2n) is 5.36. The van der Waals surface area contributed by atoms with Gasteiger partial charge in [-0.15, -0.1) is 0 Å². The molecule has 70 valence electrons. The van der Waals surface area contributed by atoms with Gasteiger partial charge in [0.15, 0.2) is 0 Å². The Kier molecular flexibility index (Phi) is 1.61. The molecule has 0 N–H and O–H groups in total. The molecule has 3 atom stereocenters. The van der Waals surface area contributed by atoms with Crippen molar-refractivity contribution < 1.29 is 4.74 Å². The molecule has 3 fully saturated rings. The fourth-order valence-corrected chi connectivity index (χ4v) is 3.42. The van der Waals surface area contributed by atoms with E-state index in [4.69, 9.17) is 4.74 Å². The normalized spacial score (nSPS) is 50.0. The topological polar surface area (TPSA) is 9.23 Å². The number of hydrogen-bond acceptors (Lipinski definition) is 1. The molecule has 0 spiro atoms. The monoisotopic (exact) mass is 168 g/mol. The van der Waals surface area contributed by atoms with Gasteiger partial charge >= 0.3 is 0 Å². The minimum absolute atomic E-state index is 0.179. The van der Waals surface area contributed by atoms with Gasteiger partial charge in [0, 0.05) is 7.11 Å². The summed E-state index contributed by atoms with van der Waals surface area (Å²) < 4.78 is 5.66. The molecule has 1 heteroatoms. The van der Waals surface area contributed by atoms with Crippen LogP contribution in [0.4, 0.5) is 0 Å². The minimum Gasteiger partial charge on any atom is -0.378 e. The van der Waals surface area contributed by atoms with Crippen LogP contribution < -0.4 is 0 Å². The molecule has 0 amide bonds. The third-order valence-corrected chi connectivity index (χ3v) is 4.66. The molecule has 0 unspecified atom stereocenters. The van der Waals surface area contributed by atoms with Crippen LogP contribution >= 0.6 is 0 Å². The molecule has 0 radical (unpaired) electrons. The molecule has 3 aliphatic carbocycles. The van der Waals surface area contributed by atoms with E-state index in [0.29, 0.717) is 5.41 Å². The highest BCUT2D eigenvalue weighted by atomic mass is 16.5. The van der Waals surface area contributed by atoms with Crippen LogP contribution in [0.25, 0.3) is 0 Å². The molecule has 0 aromatic heterocycles. The Morgan fingerprint density at radius 2 is 1.92 bits per heavy atom. The molecule has 3 aliphatic rings. The third kappa shape index (κ3) is 0.834. The maximum Gasteiger partial charge on any atom is 0.0684 e. The predicted octanol–water partition coefficient (Wildman–Crippen LogP) is 2.85. The second-order valence-corrected chi connectivity index (χ2v) is 5.36. The lowest BCUT2D eigenvalue weighted by atomic mass is 9.44. The standard InChI is InChI=1S/C11H20O/c1-10(2)8-5-6-11(3,12-4)9(10)7-8/h8-9H,5-7H2,1-4H3/t8-,9+,11-/m1/s1. The van der Waals surface area contributed by atoms with Crippen LogP contribution in [-0.4, -0.2) is 12.7 Å². The van der Waals surface area contributed by atoms with Crippen molar-refractivity contribution in [2.24, 2.45) is 17.3 Å². The zero-order valence-corrected chi connectivity index (χ0v) is 8.68. The molecule has 1 nitrogen and oxygen atoms in total. The van der Waals surface area contributed by atoms with Crippen LogP contribution in [0.15, 0.2) is 0 Å². The van der Waals surface area contributed by atoms with Crippen molar-refractivity contribution in [2.75, 3.05) is 7.11 Å². The largest absolute Gasteiger partial charge is 0.378 e. The Labute approximate surface area is 75.5 Å². The van der Waals surface area contributed by atoms with Crippen molar-refractivity contribution in [3.8, 4) is 0 Å². The maximum absolute atomic E-state index is 5.66. The van der Waals surface area contributed by atoms with Crippen molar-refractivity contribution >= 4 is 0 Å². The first-order valence-electron chi connectivity index (χ1n) is 5.06. The van der Waals surface area contributed by atoms with E-state index in [2.05, 4.69) is 20.8 Å². The zero-order valence-electron chi connectivity index (χ0n) is 8.68. The van der Waals surface area contributed by atoms with Crippen molar-refractivity contribution in [3.63, 3.8) is 0 Å². The van der Waals surface area contributed by atoms with Gasteiger partial charge < -0.3 is 4.74 Å². The molecule has 3 saturated carbocycles. The molecule has 3 rings (SSSR count). The molecular formula is C11H20O. The number of hydrogen-bond donors (Lipinski definition) is 0. The van der Waals surface area contributed by atoms with Crippen LogP contribution in [0, 0.1) is 17.3 Å². The van der Waals surface area contributed by atoms with Gasteiger partial charge in [-0.25, -0.2) is 0 Å². The summed E-state index contributed by atoms with van der Waals surface area (Å²) in [6.45, 7) is 7.10. The smallest absolute Gasteiger partial charge is 0.0684 e. The SMILES string of the molecule is CO[C@]1(C)CC[C@@H]2C[C@H]1C2(C)C. The van der Waals surface area contributed by atoms with E-state index in [1.54, 1.807) is 0 Å². The summed E-state index contributed by atoms with van der Waals surface area (Å²) in [5.74, 6) is 1.78. The molecule has 0 aromatic rings. The molecule has 0 aliphatic heterocycles. The molecule has 0 saturated heterocycles. The van der Waals surface area contributed by atoms with Gasteiger partial charge in [0.1, 0.15) is 0 Å². The van der Waals surface area contributed by atoms with E-state index in [-0.39, 0.29) is 5.60 Å². The van der Waals surface area contributed by atoms with Gasteiger partial charge in [0.25, 0.3) is 0 Å². The Hall–Kier alpha value is -0.0400. The summed E-state index contributed by atoms with van der Waals surface area (Å²) in [4.78, 5) is 0. The van der Waals surface area contributed by atoms with E-state index < -0.39 is 0 Å². The van der Waals surface area contributed by atoms with Crippen LogP contribution in [0.3, 0.4) is 0 Å². The van der Waals surface area contributed by atoms with Crippen molar-refractivity contribution in [2.45, 2.75) is 45.6 Å². The van der Waals surface area contributed by atoms with E-state index in [1.807, 2.05) is 7.11 Å². The first-order valence-corrected chi connectivity index (χ1v) is 5.06. The van der Waals surface area contributed by atoms with Crippen LogP contribution in [-0.2, 0) is 4.74 Å². The van der Waals surface area contributed by atoms with Gasteiger partial charge in [-0.05, 0) is 43.4 Å². The highest BCUT2D eigenvalue weighted by Gasteiger charge is 2.59. The highest BCUT2D eigenvalue weighted by molar-refractivity contribution is 5.09. The first-order chi connectivity index (χ1) is 5.50. The second kappa shape index (κ2) is 2.25. The molecule has 0 aromatic carbocycles. The minimum atomic E-state index is 0.179. The van der Waals surface area contributed by atoms with E-state index in [1.165, 1.54) is 19.3 Å². The molecule has 0 heterocycles. The van der Waals surface area contributed by atoms with Crippen LogP contribution in [0.5, 0.6) is 0 Å². The van der Waals surface area contributed by atoms with Gasteiger partial charge in [-0.1, -0.05) is 13.8 Å². The third-order valence-electron chi connectivity index (χ3n) is 4.66. The molecule has 12 heavy (non-hydrogen) atoms. The van der Waals surface area contributed by atoms with Gasteiger partial charge in [0.2, 0.25) is 0 Å². The average Bonchev–Trinajstić information content (AvgIpc) is 2.04. The van der Waals surface area contributed by atoms with E-state index in [9.17, 15) is 0 Å². The number of ether oxygens (including phenoxy) is 1. The van der Waals surface area contributed by atoms with Gasteiger partial charge in [-0.2, -0.15) is 0 Å². The lowest BCUT2D eigenvalue weighted by Crippen LogP contribution is -2.60. The summed E-state index contributed by atoms with van der Waals surface area (Å²) in [5.41, 5.74) is 0.723. The summed E-state index contributed by atoms with van der Waals surface area (Å²) in [5, 5.41) is 0. The molecular weight excluding hydrogens is 148 g/mol. The number of rotatable bonds is 1. The lowest BCUT2D eigenvalue weighted by Gasteiger charge is -2.63. The Balaban J connectivity index is 2.21. The maximum atomic E-state index is 5.66. The van der Waals surface area contributed by atoms with E-state index in [0.717, 1.165) is 11.8 Å². The fourth-order valence-electron chi connectivity index (χ4n) is 3.42. The summed E-state index contributed by atoms with van der Waals surface area (Å²) in [6, 6.07) is 0. The summed E-state index contributed by atoms with van der Waals surface area (Å²) in [6.07, 6.45) is 4.04. The summed E-state index contributed by atoms with van der Waals surface area (Å²) >= 11 is 0. The van der Waals surface area contributed by atoms with E-state index >= 15 is 0 Å². The molecule has 2 bridgehead atoms. The predicted molar refractivity (Wildman–Crippen MR) is 50.0 cm³/mol. The van der Waals surface area contributed by atoms with Crippen molar-refractivity contribution in [1.82, 2.24) is 0 Å². The zero-order chi connectivity index (χ0) is 8.98. The Bertz CT molecular complexity index is 195. The summed E-state index contributed by atoms with van der Waals surface area (Å²) in [7, 11) is 1.87. The van der Waals surface area contributed by atoms with Gasteiger partial charge in [0.05, 0.1) is 5.60 Å². The van der Waals surface area contributed by atoms with Gasteiger partial charge in [-0.3, -0.25) is 0 Å².